The first kappa shape index (κ1) is 16.4. The van der Waals surface area contributed by atoms with E-state index in [9.17, 15) is 0 Å². The molecule has 0 radical (unpaired) electrons. The Labute approximate surface area is 111 Å². The van der Waals surface area contributed by atoms with E-state index < -0.39 is 0 Å². The van der Waals surface area contributed by atoms with Gasteiger partial charge in [-0.3, -0.25) is 10.2 Å². The van der Waals surface area contributed by atoms with Crippen LogP contribution in [0.2, 0.25) is 0 Å². The van der Waals surface area contributed by atoms with Gasteiger partial charge in [-0.1, -0.05) is 34.2 Å². The lowest BCUT2D eigenvalue weighted by Gasteiger charge is -2.29. The van der Waals surface area contributed by atoms with Gasteiger partial charge in [0.15, 0.2) is 0 Å². The number of nitrogens with one attached hydrogen (secondary N) is 1. The lowest BCUT2D eigenvalue weighted by atomic mass is 10.8. The fourth-order valence-corrected chi connectivity index (χ4v) is 3.90. The highest BCUT2D eigenvalue weighted by atomic mass is 33.1. The molecule has 0 amide bonds. The second kappa shape index (κ2) is 8.47. The van der Waals surface area contributed by atoms with Gasteiger partial charge in [0.25, 0.3) is 0 Å². The van der Waals surface area contributed by atoms with E-state index in [4.69, 9.17) is 5.26 Å². The average Bonchev–Trinajstić information content (AvgIpc) is 2.66. The highest BCUT2D eigenvalue weighted by molar-refractivity contribution is 8.77. The normalized spacial score (nSPS) is 24.5. The molecule has 1 aliphatic rings. The maximum atomic E-state index is 7.18. The molecule has 0 aromatic heterocycles. The lowest BCUT2D eigenvalue weighted by Crippen LogP contribution is -2.49. The van der Waals surface area contributed by atoms with Crippen molar-refractivity contribution in [3.8, 4) is 5.40 Å². The Morgan fingerprint density at radius 3 is 1.88 bits per heavy atom. The quantitative estimate of drug-likeness (QED) is 0.345. The van der Waals surface area contributed by atoms with Crippen LogP contribution >= 0.6 is 34.2 Å². The first-order valence-corrected chi connectivity index (χ1v) is 7.34. The predicted molar refractivity (Wildman–Crippen MR) is 75.6 cm³/mol. The van der Waals surface area contributed by atoms with E-state index in [1.807, 2.05) is 21.6 Å². The number of thiol groups is 1. The summed E-state index contributed by atoms with van der Waals surface area (Å²) in [4.78, 5) is 2.18. The summed E-state index contributed by atoms with van der Waals surface area (Å²) in [6, 6.07) is 0. The molecule has 16 heavy (non-hydrogen) atoms. The van der Waals surface area contributed by atoms with Crippen LogP contribution in [0.4, 0.5) is 0 Å². The fraction of sp³-hybridized carbons (Fsp3) is 0.875. The van der Waals surface area contributed by atoms with Gasteiger partial charge in [-0.05, 0) is 14.1 Å². The number of hydrogen-bond acceptors (Lipinski definition) is 8. The first-order chi connectivity index (χ1) is 7.43. The SMILES string of the molecule is CN(C)C1NC(N(C)N(C)C)SS1.N#CS. The first-order valence-electron chi connectivity index (χ1n) is 4.62. The van der Waals surface area contributed by atoms with Crippen molar-refractivity contribution >= 4 is 34.2 Å². The molecule has 1 N–H and O–H groups in total. The van der Waals surface area contributed by atoms with Crippen molar-refractivity contribution in [3.63, 3.8) is 0 Å². The average molecular weight is 281 g/mol. The van der Waals surface area contributed by atoms with Gasteiger partial charge in [0, 0.05) is 21.1 Å². The van der Waals surface area contributed by atoms with E-state index in [0.29, 0.717) is 11.0 Å². The second-order valence-electron chi connectivity index (χ2n) is 3.55. The molecule has 1 heterocycles. The molecule has 2 unspecified atom stereocenters. The van der Waals surface area contributed by atoms with E-state index >= 15 is 0 Å². The Balaban J connectivity index is 0.000000673. The third-order valence-electron chi connectivity index (χ3n) is 1.96. The zero-order chi connectivity index (χ0) is 12.7. The molecule has 1 fully saturated rings. The summed E-state index contributed by atoms with van der Waals surface area (Å²) in [7, 11) is 14.1. The van der Waals surface area contributed by atoms with E-state index in [1.54, 1.807) is 0 Å². The minimum absolute atomic E-state index is 0.368. The molecular formula is C8H19N5S3. The molecule has 0 saturated carbocycles. The lowest BCUT2D eigenvalue weighted by molar-refractivity contribution is 0.0282. The Hall–Kier alpha value is 0.380. The van der Waals surface area contributed by atoms with Crippen LogP contribution in [0.15, 0.2) is 0 Å². The van der Waals surface area contributed by atoms with Crippen LogP contribution in [0, 0.1) is 10.7 Å². The van der Waals surface area contributed by atoms with Crippen LogP contribution < -0.4 is 5.32 Å². The largest absolute Gasteiger partial charge is 0.285 e. The summed E-state index contributed by atoms with van der Waals surface area (Å²) >= 11 is 3.09. The standard InChI is InChI=1S/C7H18N4S2.CHNS/c1-9(2)6-8-7(13-12-6)11(5)10(3)4;2-1-3/h6-8H,1-5H3;3H. The summed E-state index contributed by atoms with van der Waals surface area (Å²) in [6.07, 6.45) is 0. The highest BCUT2D eigenvalue weighted by Crippen LogP contribution is 2.38. The Morgan fingerprint density at radius 1 is 1.12 bits per heavy atom. The highest BCUT2D eigenvalue weighted by Gasteiger charge is 2.30. The summed E-state index contributed by atoms with van der Waals surface area (Å²) in [6.45, 7) is 0. The van der Waals surface area contributed by atoms with Crippen molar-refractivity contribution in [2.24, 2.45) is 0 Å². The van der Waals surface area contributed by atoms with Crippen molar-refractivity contribution in [1.29, 1.82) is 5.26 Å². The minimum atomic E-state index is 0.368. The molecule has 0 aliphatic carbocycles. The Bertz CT molecular complexity index is 230. The van der Waals surface area contributed by atoms with E-state index in [-0.39, 0.29) is 0 Å². The van der Waals surface area contributed by atoms with Crippen LogP contribution in [0.5, 0.6) is 0 Å². The number of nitriles is 1. The van der Waals surface area contributed by atoms with Crippen LogP contribution in [-0.4, -0.2) is 61.2 Å². The third-order valence-corrected chi connectivity index (χ3v) is 4.86. The Morgan fingerprint density at radius 2 is 1.56 bits per heavy atom. The molecule has 8 heteroatoms. The van der Waals surface area contributed by atoms with Crippen molar-refractivity contribution in [1.82, 2.24) is 20.2 Å². The molecule has 0 bridgehead atoms. The number of nitrogens with zero attached hydrogens (tertiary/aromatic N) is 4. The zero-order valence-electron chi connectivity index (χ0n) is 10.2. The van der Waals surface area contributed by atoms with Gasteiger partial charge in [0.05, 0.1) is 0 Å². The molecule has 0 aromatic rings. The molecule has 94 valence electrons. The Kier molecular flexibility index (Phi) is 8.67. The molecule has 2 atom stereocenters. The van der Waals surface area contributed by atoms with Gasteiger partial charge in [0.2, 0.25) is 0 Å². The van der Waals surface area contributed by atoms with E-state index in [1.165, 1.54) is 5.40 Å². The number of hydrogen-bond donors (Lipinski definition) is 2. The predicted octanol–water partition coefficient (Wildman–Crippen LogP) is 0.905. The minimum Gasteiger partial charge on any atom is -0.285 e. The molecule has 0 spiro atoms. The van der Waals surface area contributed by atoms with E-state index in [2.05, 4.69) is 68.1 Å². The molecule has 1 aliphatic heterocycles. The van der Waals surface area contributed by atoms with Gasteiger partial charge >= 0.3 is 0 Å². The number of thiocyanates is 1. The van der Waals surface area contributed by atoms with Crippen molar-refractivity contribution < 1.29 is 0 Å². The molecule has 0 aromatic carbocycles. The fourth-order valence-electron chi connectivity index (χ4n) is 0.898. The smallest absolute Gasteiger partial charge is 0.133 e. The number of rotatable bonds is 3. The van der Waals surface area contributed by atoms with Crippen LogP contribution in [0.3, 0.4) is 0 Å². The van der Waals surface area contributed by atoms with Gasteiger partial charge in [0.1, 0.15) is 16.4 Å². The second-order valence-corrected chi connectivity index (χ2v) is 6.18. The molecular weight excluding hydrogens is 262 g/mol. The monoisotopic (exact) mass is 281 g/mol. The summed E-state index contributed by atoms with van der Waals surface area (Å²) < 4.78 is 0. The summed E-state index contributed by atoms with van der Waals surface area (Å²) in [5.41, 5.74) is 0.782. The number of hydrazine groups is 1. The maximum Gasteiger partial charge on any atom is 0.133 e. The third kappa shape index (κ3) is 5.63. The molecule has 5 nitrogen and oxygen atoms in total. The zero-order valence-corrected chi connectivity index (χ0v) is 12.7. The summed E-state index contributed by atoms with van der Waals surface area (Å²) in [5.74, 6) is 0. The van der Waals surface area contributed by atoms with Gasteiger partial charge in [-0.15, -0.1) is 0 Å². The topological polar surface area (TPSA) is 45.5 Å². The van der Waals surface area contributed by atoms with Crippen LogP contribution in [0.1, 0.15) is 0 Å². The van der Waals surface area contributed by atoms with Crippen LogP contribution in [0.25, 0.3) is 0 Å². The van der Waals surface area contributed by atoms with Crippen molar-refractivity contribution in [3.05, 3.63) is 0 Å². The maximum absolute atomic E-state index is 7.18. The van der Waals surface area contributed by atoms with E-state index in [0.717, 1.165) is 0 Å². The molecule has 1 rings (SSSR count). The van der Waals surface area contributed by atoms with Gasteiger partial charge < -0.3 is 0 Å². The molecule has 1 saturated heterocycles. The van der Waals surface area contributed by atoms with Crippen LogP contribution in [-0.2, 0) is 0 Å². The van der Waals surface area contributed by atoms with Gasteiger partial charge in [-0.25, -0.2) is 10.0 Å². The van der Waals surface area contributed by atoms with Crippen molar-refractivity contribution in [2.75, 3.05) is 35.2 Å². The van der Waals surface area contributed by atoms with Gasteiger partial charge in [-0.2, -0.15) is 5.26 Å². The summed E-state index contributed by atoms with van der Waals surface area (Å²) in [5, 5.41) is 16.4. The van der Waals surface area contributed by atoms with Crippen molar-refractivity contribution in [2.45, 2.75) is 11.0 Å².